The van der Waals surface area contributed by atoms with E-state index in [4.69, 9.17) is 14.2 Å². The van der Waals surface area contributed by atoms with Crippen LogP contribution in [0.5, 0.6) is 0 Å². The Morgan fingerprint density at radius 3 is 2.59 bits per heavy atom. The summed E-state index contributed by atoms with van der Waals surface area (Å²) in [6.07, 6.45) is 6.37. The molecule has 0 bridgehead atoms. The Balaban J connectivity index is 1.35. The van der Waals surface area contributed by atoms with E-state index < -0.39 is 5.79 Å². The van der Waals surface area contributed by atoms with Crippen LogP contribution in [0.15, 0.2) is 18.5 Å². The van der Waals surface area contributed by atoms with Gasteiger partial charge in [0.1, 0.15) is 0 Å². The Morgan fingerprint density at radius 1 is 1.15 bits per heavy atom. The van der Waals surface area contributed by atoms with E-state index in [9.17, 15) is 9.59 Å². The molecule has 4 rings (SSSR count). The minimum atomic E-state index is -0.515. The van der Waals surface area contributed by atoms with E-state index >= 15 is 0 Å². The first-order valence-electron chi connectivity index (χ1n) is 9.57. The summed E-state index contributed by atoms with van der Waals surface area (Å²) in [5.74, 6) is -0.874. The number of nitrogens with zero attached hydrogens (tertiary/aromatic N) is 2. The Kier molecular flexibility index (Phi) is 5.38. The lowest BCUT2D eigenvalue weighted by atomic mass is 10.0. The highest BCUT2D eigenvalue weighted by Crippen LogP contribution is 2.31. The van der Waals surface area contributed by atoms with Gasteiger partial charge in [-0.15, -0.1) is 0 Å². The maximum absolute atomic E-state index is 12.8. The SMILES string of the molecule is O=C(NCC1CCCO1)c1cncc(C(=O)N2CCC3(CC2)OCCO3)c1. The van der Waals surface area contributed by atoms with Crippen LogP contribution >= 0.6 is 0 Å². The lowest BCUT2D eigenvalue weighted by molar-refractivity contribution is -0.181. The fourth-order valence-electron chi connectivity index (χ4n) is 3.81. The Bertz CT molecular complexity index is 688. The standard InChI is InChI=1S/C19H25N3O5/c23-17(21-13-16-2-1-7-25-16)14-10-15(12-20-11-14)18(24)22-5-3-19(4-6-22)26-8-9-27-19/h10-12,16H,1-9,13H2,(H,21,23). The number of carbonyl (C=O) groups excluding carboxylic acids is 2. The molecule has 0 radical (unpaired) electrons. The zero-order valence-electron chi connectivity index (χ0n) is 15.3. The molecular weight excluding hydrogens is 350 g/mol. The van der Waals surface area contributed by atoms with Gasteiger partial charge in [-0.1, -0.05) is 0 Å². The number of rotatable bonds is 4. The van der Waals surface area contributed by atoms with Crippen LogP contribution in [0.1, 0.15) is 46.4 Å². The van der Waals surface area contributed by atoms with Crippen molar-refractivity contribution in [1.82, 2.24) is 15.2 Å². The molecule has 1 spiro atoms. The number of ether oxygens (including phenoxy) is 3. The molecule has 0 aromatic carbocycles. The van der Waals surface area contributed by atoms with Crippen molar-refractivity contribution in [1.29, 1.82) is 0 Å². The maximum Gasteiger partial charge on any atom is 0.255 e. The topological polar surface area (TPSA) is 90.0 Å². The quantitative estimate of drug-likeness (QED) is 0.843. The van der Waals surface area contributed by atoms with Crippen LogP contribution in [-0.2, 0) is 14.2 Å². The summed E-state index contributed by atoms with van der Waals surface area (Å²) in [6, 6.07) is 1.60. The van der Waals surface area contributed by atoms with Crippen LogP contribution in [-0.4, -0.2) is 73.0 Å². The van der Waals surface area contributed by atoms with Crippen molar-refractivity contribution < 1.29 is 23.8 Å². The lowest BCUT2D eigenvalue weighted by Gasteiger charge is -2.37. The van der Waals surface area contributed by atoms with Gasteiger partial charge in [-0.25, -0.2) is 0 Å². The molecule has 3 aliphatic rings. The molecular formula is C19H25N3O5. The van der Waals surface area contributed by atoms with Gasteiger partial charge in [0, 0.05) is 51.5 Å². The van der Waals surface area contributed by atoms with Gasteiger partial charge in [0.15, 0.2) is 5.79 Å². The number of likely N-dealkylation sites (tertiary alicyclic amines) is 1. The van der Waals surface area contributed by atoms with Gasteiger partial charge < -0.3 is 24.4 Å². The average Bonchev–Trinajstić information content (AvgIpc) is 3.39. The first-order valence-corrected chi connectivity index (χ1v) is 9.57. The van der Waals surface area contributed by atoms with Crippen LogP contribution in [0.4, 0.5) is 0 Å². The number of pyridine rings is 1. The van der Waals surface area contributed by atoms with Crippen LogP contribution in [0.2, 0.25) is 0 Å². The normalized spacial score (nSPS) is 24.3. The van der Waals surface area contributed by atoms with Crippen LogP contribution in [0, 0.1) is 0 Å². The molecule has 0 saturated carbocycles. The average molecular weight is 375 g/mol. The number of aromatic nitrogens is 1. The minimum absolute atomic E-state index is 0.0763. The highest BCUT2D eigenvalue weighted by atomic mass is 16.7. The van der Waals surface area contributed by atoms with E-state index in [1.807, 2.05) is 0 Å². The van der Waals surface area contributed by atoms with E-state index in [1.54, 1.807) is 11.0 Å². The molecule has 1 aromatic rings. The second kappa shape index (κ2) is 7.92. The second-order valence-electron chi connectivity index (χ2n) is 7.21. The molecule has 3 saturated heterocycles. The highest BCUT2D eigenvalue weighted by molar-refractivity contribution is 5.99. The van der Waals surface area contributed by atoms with Crippen LogP contribution < -0.4 is 5.32 Å². The van der Waals surface area contributed by atoms with Gasteiger partial charge in [0.25, 0.3) is 11.8 Å². The molecule has 1 unspecified atom stereocenters. The summed E-state index contributed by atoms with van der Waals surface area (Å²) in [7, 11) is 0. The van der Waals surface area contributed by atoms with Crippen molar-refractivity contribution >= 4 is 11.8 Å². The Labute approximate surface area is 158 Å². The molecule has 8 nitrogen and oxygen atoms in total. The summed E-state index contributed by atoms with van der Waals surface area (Å²) in [6.45, 7) is 3.58. The number of hydrogen-bond donors (Lipinski definition) is 1. The Hall–Kier alpha value is -2.03. The van der Waals surface area contributed by atoms with Gasteiger partial charge in [0.05, 0.1) is 30.4 Å². The number of piperidine rings is 1. The van der Waals surface area contributed by atoms with Crippen molar-refractivity contribution in [3.8, 4) is 0 Å². The third-order valence-electron chi connectivity index (χ3n) is 5.39. The third-order valence-corrected chi connectivity index (χ3v) is 5.39. The lowest BCUT2D eigenvalue weighted by Crippen LogP contribution is -2.47. The second-order valence-corrected chi connectivity index (χ2v) is 7.21. The number of amides is 2. The summed E-state index contributed by atoms with van der Waals surface area (Å²) in [5.41, 5.74) is 0.804. The predicted molar refractivity (Wildman–Crippen MR) is 95.3 cm³/mol. The zero-order chi connectivity index (χ0) is 18.7. The fourth-order valence-corrected chi connectivity index (χ4v) is 3.81. The van der Waals surface area contributed by atoms with Crippen LogP contribution in [0.3, 0.4) is 0 Å². The molecule has 3 fully saturated rings. The first kappa shape index (κ1) is 18.3. The number of hydrogen-bond acceptors (Lipinski definition) is 6. The molecule has 1 aromatic heterocycles. The van der Waals surface area contributed by atoms with Gasteiger partial charge in [-0.05, 0) is 18.9 Å². The van der Waals surface area contributed by atoms with Crippen molar-refractivity contribution in [2.75, 3.05) is 39.5 Å². The zero-order valence-corrected chi connectivity index (χ0v) is 15.3. The van der Waals surface area contributed by atoms with E-state index in [-0.39, 0.29) is 17.9 Å². The molecule has 4 heterocycles. The van der Waals surface area contributed by atoms with Gasteiger partial charge in [-0.3, -0.25) is 14.6 Å². The fraction of sp³-hybridized carbons (Fsp3) is 0.632. The molecule has 8 heteroatoms. The molecule has 1 atom stereocenters. The smallest absolute Gasteiger partial charge is 0.255 e. The van der Waals surface area contributed by atoms with E-state index in [2.05, 4.69) is 10.3 Å². The van der Waals surface area contributed by atoms with E-state index in [1.165, 1.54) is 12.4 Å². The summed E-state index contributed by atoms with van der Waals surface area (Å²) < 4.78 is 16.9. The molecule has 0 aliphatic carbocycles. The molecule has 2 amide bonds. The first-order chi connectivity index (χ1) is 13.2. The van der Waals surface area contributed by atoms with Crippen LogP contribution in [0.25, 0.3) is 0 Å². The van der Waals surface area contributed by atoms with Crippen molar-refractivity contribution in [3.63, 3.8) is 0 Å². The minimum Gasteiger partial charge on any atom is -0.376 e. The van der Waals surface area contributed by atoms with Crippen molar-refractivity contribution in [2.45, 2.75) is 37.6 Å². The molecule has 1 N–H and O–H groups in total. The monoisotopic (exact) mass is 375 g/mol. The molecule has 146 valence electrons. The van der Waals surface area contributed by atoms with Gasteiger partial charge in [-0.2, -0.15) is 0 Å². The maximum atomic E-state index is 12.8. The largest absolute Gasteiger partial charge is 0.376 e. The molecule has 27 heavy (non-hydrogen) atoms. The summed E-state index contributed by atoms with van der Waals surface area (Å²) >= 11 is 0. The molecule has 3 aliphatic heterocycles. The summed E-state index contributed by atoms with van der Waals surface area (Å²) in [4.78, 5) is 31.0. The van der Waals surface area contributed by atoms with E-state index in [0.29, 0.717) is 56.8 Å². The highest BCUT2D eigenvalue weighted by Gasteiger charge is 2.40. The van der Waals surface area contributed by atoms with Gasteiger partial charge >= 0.3 is 0 Å². The van der Waals surface area contributed by atoms with E-state index in [0.717, 1.165) is 19.4 Å². The van der Waals surface area contributed by atoms with Crippen molar-refractivity contribution in [2.24, 2.45) is 0 Å². The Morgan fingerprint density at radius 2 is 1.89 bits per heavy atom. The van der Waals surface area contributed by atoms with Gasteiger partial charge in [0.2, 0.25) is 0 Å². The number of nitrogens with one attached hydrogen (secondary N) is 1. The van der Waals surface area contributed by atoms with Crippen molar-refractivity contribution in [3.05, 3.63) is 29.6 Å². The summed E-state index contributed by atoms with van der Waals surface area (Å²) in [5, 5.41) is 2.86. The predicted octanol–water partition coefficient (Wildman–Crippen LogP) is 0.970. The third kappa shape index (κ3) is 4.12. The number of carbonyl (C=O) groups is 2.